The second-order valence-electron chi connectivity index (χ2n) is 9.44. The van der Waals surface area contributed by atoms with Gasteiger partial charge in [0.2, 0.25) is 5.91 Å². The number of benzene rings is 1. The van der Waals surface area contributed by atoms with Crippen LogP contribution in [0.5, 0.6) is 11.5 Å². The summed E-state index contributed by atoms with van der Waals surface area (Å²) in [5.41, 5.74) is 3.21. The van der Waals surface area contributed by atoms with Crippen molar-refractivity contribution >= 4 is 62.1 Å². The number of phenolic OH excluding ortho intramolecular Hbond substituents is 1. The molecule has 5 aliphatic rings. The van der Waals surface area contributed by atoms with Crippen molar-refractivity contribution in [1.82, 2.24) is 10.4 Å². The number of carbonyl (C=O) groups excluding carboxylic acids is 2. The Labute approximate surface area is 205 Å². The number of hydrogen-bond donors (Lipinski definition) is 2. The van der Waals surface area contributed by atoms with Crippen LogP contribution in [0, 0.1) is 23.2 Å². The predicted octanol–water partition coefficient (Wildman–Crippen LogP) is 5.00. The molecular weight excluding hydrogens is 512 g/mol. The van der Waals surface area contributed by atoms with Crippen LogP contribution in [-0.4, -0.2) is 32.9 Å². The lowest BCUT2D eigenvalue weighted by molar-refractivity contribution is -0.152. The third-order valence-corrected chi connectivity index (χ3v) is 9.08. The Kier molecular flexibility index (Phi) is 5.78. The summed E-state index contributed by atoms with van der Waals surface area (Å²) in [6.07, 6.45) is 8.24. The Morgan fingerprint density at radius 2 is 1.94 bits per heavy atom. The summed E-state index contributed by atoms with van der Waals surface area (Å²) in [6.45, 7) is 2.24. The number of nitrogens with one attached hydrogen (secondary N) is 1. The number of ether oxygens (including phenoxy) is 1. The Bertz CT molecular complexity index is 1010. The van der Waals surface area contributed by atoms with Gasteiger partial charge in [-0.1, -0.05) is 11.8 Å². The molecule has 1 aliphatic heterocycles. The minimum absolute atomic E-state index is 0.0133. The van der Waals surface area contributed by atoms with E-state index in [2.05, 4.69) is 21.4 Å². The predicted molar refractivity (Wildman–Crippen MR) is 131 cm³/mol. The molecule has 0 spiro atoms. The molecule has 4 bridgehead atoms. The maximum atomic E-state index is 13.4. The third-order valence-electron chi connectivity index (χ3n) is 7.18. The molecule has 170 valence electrons. The number of thiocarbonyl (C=S) groups is 1. The van der Waals surface area contributed by atoms with Crippen molar-refractivity contribution in [2.45, 2.75) is 45.4 Å². The number of rotatable bonds is 5. The summed E-state index contributed by atoms with van der Waals surface area (Å²) in [6, 6.07) is 3.38. The van der Waals surface area contributed by atoms with Crippen LogP contribution in [-0.2, 0) is 9.59 Å². The molecule has 1 heterocycles. The molecule has 0 atom stereocenters. The van der Waals surface area contributed by atoms with Crippen molar-refractivity contribution < 1.29 is 19.4 Å². The Hall–Kier alpha value is -1.58. The highest BCUT2D eigenvalue weighted by Crippen LogP contribution is 2.60. The lowest BCUT2D eigenvalue weighted by Crippen LogP contribution is -2.57. The molecule has 2 N–H and O–H groups in total. The maximum Gasteiger partial charge on any atom is 0.285 e. The van der Waals surface area contributed by atoms with E-state index in [1.54, 1.807) is 18.2 Å². The lowest BCUT2D eigenvalue weighted by atomic mass is 9.49. The van der Waals surface area contributed by atoms with Crippen LogP contribution < -0.4 is 10.2 Å². The summed E-state index contributed by atoms with van der Waals surface area (Å²) in [5.74, 6) is 1.89. The summed E-state index contributed by atoms with van der Waals surface area (Å²) in [5, 5.41) is 11.4. The quantitative estimate of drug-likeness (QED) is 0.407. The highest BCUT2D eigenvalue weighted by molar-refractivity contribution is 9.10. The molecule has 4 aliphatic carbocycles. The zero-order chi connectivity index (χ0) is 22.6. The number of halogens is 1. The van der Waals surface area contributed by atoms with Gasteiger partial charge in [0.25, 0.3) is 5.91 Å². The van der Waals surface area contributed by atoms with E-state index in [0.717, 1.165) is 31.0 Å². The molecule has 1 aromatic rings. The van der Waals surface area contributed by atoms with Crippen molar-refractivity contribution in [3.8, 4) is 11.5 Å². The fourth-order valence-electron chi connectivity index (χ4n) is 6.27. The minimum atomic E-state index is -0.351. The largest absolute Gasteiger partial charge is 0.503 e. The zero-order valence-corrected chi connectivity index (χ0v) is 20.9. The van der Waals surface area contributed by atoms with Crippen LogP contribution in [0.1, 0.15) is 51.0 Å². The number of amides is 2. The molecule has 32 heavy (non-hydrogen) atoms. The molecule has 6 nitrogen and oxygen atoms in total. The number of hydrazine groups is 1. The summed E-state index contributed by atoms with van der Waals surface area (Å²) >= 11 is 9.91. The molecule has 6 rings (SSSR count). The van der Waals surface area contributed by atoms with E-state index in [1.807, 2.05) is 6.92 Å². The van der Waals surface area contributed by atoms with E-state index in [1.165, 1.54) is 24.3 Å². The molecule has 2 amide bonds. The smallest absolute Gasteiger partial charge is 0.285 e. The SMILES string of the molecule is CCOc1cc(/C=C2/SC(=S)N(NC(=O)C34CC5CC(CC(C5)C3)C4)C2=O)cc(Br)c1O. The first-order valence-electron chi connectivity index (χ1n) is 11.0. The fourth-order valence-corrected chi connectivity index (χ4v) is 7.91. The molecule has 5 fully saturated rings. The van der Waals surface area contributed by atoms with Crippen LogP contribution in [0.15, 0.2) is 21.5 Å². The van der Waals surface area contributed by atoms with Crippen molar-refractivity contribution in [2.24, 2.45) is 23.2 Å². The van der Waals surface area contributed by atoms with E-state index < -0.39 is 0 Å². The van der Waals surface area contributed by atoms with Crippen LogP contribution in [0.2, 0.25) is 0 Å². The van der Waals surface area contributed by atoms with Gasteiger partial charge in [-0.3, -0.25) is 15.0 Å². The fraction of sp³-hybridized carbons (Fsp3) is 0.522. The average Bonchev–Trinajstić information content (AvgIpc) is 2.98. The number of thioether (sulfide) groups is 1. The van der Waals surface area contributed by atoms with Gasteiger partial charge in [0.05, 0.1) is 21.4 Å². The Morgan fingerprint density at radius 1 is 1.31 bits per heavy atom. The molecule has 0 unspecified atom stereocenters. The van der Waals surface area contributed by atoms with Gasteiger partial charge in [-0.05, 0) is 115 Å². The molecule has 1 saturated heterocycles. The summed E-state index contributed by atoms with van der Waals surface area (Å²) in [4.78, 5) is 26.9. The van der Waals surface area contributed by atoms with Gasteiger partial charge in [0.1, 0.15) is 0 Å². The van der Waals surface area contributed by atoms with Crippen molar-refractivity contribution in [2.75, 3.05) is 6.61 Å². The second-order valence-corrected chi connectivity index (χ2v) is 12.0. The van der Waals surface area contributed by atoms with Gasteiger partial charge in [0, 0.05) is 0 Å². The first-order chi connectivity index (χ1) is 15.3. The van der Waals surface area contributed by atoms with Gasteiger partial charge in [0.15, 0.2) is 15.8 Å². The topological polar surface area (TPSA) is 78.9 Å². The van der Waals surface area contributed by atoms with E-state index in [4.69, 9.17) is 17.0 Å². The van der Waals surface area contributed by atoms with Gasteiger partial charge >= 0.3 is 0 Å². The highest BCUT2D eigenvalue weighted by atomic mass is 79.9. The van der Waals surface area contributed by atoms with E-state index >= 15 is 0 Å². The normalized spacial score (nSPS) is 32.1. The monoisotopic (exact) mass is 536 g/mol. The van der Waals surface area contributed by atoms with Crippen LogP contribution >= 0.6 is 39.9 Å². The Balaban J connectivity index is 1.34. The summed E-state index contributed by atoms with van der Waals surface area (Å²) in [7, 11) is 0. The van der Waals surface area contributed by atoms with Crippen LogP contribution in [0.4, 0.5) is 0 Å². The van der Waals surface area contributed by atoms with Crippen molar-refractivity contribution in [1.29, 1.82) is 0 Å². The van der Waals surface area contributed by atoms with Gasteiger partial charge < -0.3 is 9.84 Å². The van der Waals surface area contributed by atoms with Crippen LogP contribution in [0.3, 0.4) is 0 Å². The van der Waals surface area contributed by atoms with Gasteiger partial charge in [-0.15, -0.1) is 0 Å². The van der Waals surface area contributed by atoms with Gasteiger partial charge in [-0.25, -0.2) is 0 Å². The lowest BCUT2D eigenvalue weighted by Gasteiger charge is -2.55. The molecule has 9 heteroatoms. The highest BCUT2D eigenvalue weighted by Gasteiger charge is 2.55. The molecular formula is C23H25BrN2O4S2. The number of hydrogen-bond acceptors (Lipinski definition) is 6. The minimum Gasteiger partial charge on any atom is -0.503 e. The number of phenols is 1. The van der Waals surface area contributed by atoms with Crippen molar-refractivity contribution in [3.05, 3.63) is 27.1 Å². The number of carbonyl (C=O) groups is 2. The molecule has 1 aromatic carbocycles. The maximum absolute atomic E-state index is 13.4. The standard InChI is InChI=1S/C23H25BrN2O4S2/c1-2-30-17-7-12(6-16(24)19(17)27)8-18-20(28)26(22(31)32-18)25-21(29)23-9-13-3-14(10-23)5-15(4-13)11-23/h6-8,13-15,27H,2-5,9-11H2,1H3,(H,25,29)/b18-8+. The third kappa shape index (κ3) is 3.86. The molecule has 0 radical (unpaired) electrons. The number of aromatic hydroxyl groups is 1. The summed E-state index contributed by atoms with van der Waals surface area (Å²) < 4.78 is 6.26. The molecule has 4 saturated carbocycles. The number of nitrogens with zero attached hydrogens (tertiary/aromatic N) is 1. The van der Waals surface area contributed by atoms with E-state index in [0.29, 0.717) is 49.4 Å². The van der Waals surface area contributed by atoms with E-state index in [9.17, 15) is 14.7 Å². The average molecular weight is 538 g/mol. The van der Waals surface area contributed by atoms with E-state index in [-0.39, 0.29) is 23.0 Å². The second kappa shape index (κ2) is 8.33. The van der Waals surface area contributed by atoms with Crippen LogP contribution in [0.25, 0.3) is 6.08 Å². The van der Waals surface area contributed by atoms with Crippen molar-refractivity contribution in [3.63, 3.8) is 0 Å². The first-order valence-corrected chi connectivity index (χ1v) is 13.0. The van der Waals surface area contributed by atoms with Gasteiger partial charge in [-0.2, -0.15) is 5.01 Å². The zero-order valence-electron chi connectivity index (χ0n) is 17.7. The Morgan fingerprint density at radius 3 is 2.53 bits per heavy atom. The first kappa shape index (κ1) is 22.2. The molecule has 0 aromatic heterocycles.